The summed E-state index contributed by atoms with van der Waals surface area (Å²) in [7, 11) is 1.94. The van der Waals surface area contributed by atoms with E-state index in [0.29, 0.717) is 0 Å². The van der Waals surface area contributed by atoms with Crippen molar-refractivity contribution in [2.24, 2.45) is 0 Å². The standard InChI is InChI=1S/C20H20N2/c1-21-18-12-14-20(15-13-18)22(19-10-6-3-7-11-19)16-17-8-4-2-5-9-17/h2-15,21H,16H2,1H3. The third kappa shape index (κ3) is 3.29. The van der Waals surface area contributed by atoms with Gasteiger partial charge in [-0.25, -0.2) is 0 Å². The quantitative estimate of drug-likeness (QED) is 0.705. The Balaban J connectivity index is 1.95. The molecule has 0 heterocycles. The lowest BCUT2D eigenvalue weighted by Crippen LogP contribution is -2.16. The van der Waals surface area contributed by atoms with Crippen molar-refractivity contribution in [3.63, 3.8) is 0 Å². The zero-order valence-corrected chi connectivity index (χ0v) is 12.7. The summed E-state index contributed by atoms with van der Waals surface area (Å²) in [6, 6.07) is 29.6. The Labute approximate surface area is 132 Å². The van der Waals surface area contributed by atoms with E-state index in [0.717, 1.165) is 12.2 Å². The maximum absolute atomic E-state index is 3.16. The predicted molar refractivity (Wildman–Crippen MR) is 94.7 cm³/mol. The van der Waals surface area contributed by atoms with Gasteiger partial charge in [0.1, 0.15) is 0 Å². The van der Waals surface area contributed by atoms with Crippen molar-refractivity contribution in [1.82, 2.24) is 0 Å². The van der Waals surface area contributed by atoms with Crippen LogP contribution in [0, 0.1) is 0 Å². The number of para-hydroxylation sites is 1. The van der Waals surface area contributed by atoms with E-state index in [1.54, 1.807) is 0 Å². The van der Waals surface area contributed by atoms with Crippen molar-refractivity contribution >= 4 is 17.1 Å². The van der Waals surface area contributed by atoms with Crippen LogP contribution in [0.25, 0.3) is 0 Å². The van der Waals surface area contributed by atoms with Gasteiger partial charge in [-0.15, -0.1) is 0 Å². The summed E-state index contributed by atoms with van der Waals surface area (Å²) >= 11 is 0. The molecule has 2 heteroatoms. The molecule has 0 saturated heterocycles. The van der Waals surface area contributed by atoms with Crippen LogP contribution in [0.5, 0.6) is 0 Å². The lowest BCUT2D eigenvalue weighted by atomic mass is 10.1. The molecule has 0 unspecified atom stereocenters. The van der Waals surface area contributed by atoms with Crippen LogP contribution in [0.15, 0.2) is 84.9 Å². The Morgan fingerprint density at radius 1 is 0.682 bits per heavy atom. The first-order valence-electron chi connectivity index (χ1n) is 7.51. The fourth-order valence-electron chi connectivity index (χ4n) is 2.51. The lowest BCUT2D eigenvalue weighted by molar-refractivity contribution is 0.975. The highest BCUT2D eigenvalue weighted by molar-refractivity contribution is 5.65. The number of anilines is 3. The molecule has 22 heavy (non-hydrogen) atoms. The van der Waals surface area contributed by atoms with Gasteiger partial charge < -0.3 is 10.2 Å². The van der Waals surface area contributed by atoms with Gasteiger partial charge in [-0.2, -0.15) is 0 Å². The molecule has 0 spiro atoms. The number of benzene rings is 3. The van der Waals surface area contributed by atoms with E-state index < -0.39 is 0 Å². The molecule has 3 rings (SSSR count). The summed E-state index contributed by atoms with van der Waals surface area (Å²) in [5.74, 6) is 0. The van der Waals surface area contributed by atoms with E-state index in [4.69, 9.17) is 0 Å². The van der Waals surface area contributed by atoms with Gasteiger partial charge in [0.05, 0.1) is 0 Å². The van der Waals surface area contributed by atoms with Gasteiger partial charge in [-0.3, -0.25) is 0 Å². The van der Waals surface area contributed by atoms with Crippen LogP contribution < -0.4 is 10.2 Å². The average Bonchev–Trinajstić information content (AvgIpc) is 2.61. The topological polar surface area (TPSA) is 15.3 Å². The minimum absolute atomic E-state index is 0.851. The first-order chi connectivity index (χ1) is 10.9. The van der Waals surface area contributed by atoms with Gasteiger partial charge in [0.25, 0.3) is 0 Å². The maximum Gasteiger partial charge on any atom is 0.0481 e. The van der Waals surface area contributed by atoms with Gasteiger partial charge in [0, 0.05) is 30.7 Å². The van der Waals surface area contributed by atoms with Gasteiger partial charge in [-0.1, -0.05) is 48.5 Å². The maximum atomic E-state index is 3.16. The molecule has 0 aliphatic carbocycles. The molecule has 0 aliphatic heterocycles. The largest absolute Gasteiger partial charge is 0.388 e. The number of hydrogen-bond acceptors (Lipinski definition) is 2. The molecule has 0 radical (unpaired) electrons. The molecular formula is C20H20N2. The summed E-state index contributed by atoms with van der Waals surface area (Å²) in [6.07, 6.45) is 0. The van der Waals surface area contributed by atoms with Crippen molar-refractivity contribution in [1.29, 1.82) is 0 Å². The Hall–Kier alpha value is -2.74. The molecule has 0 fully saturated rings. The van der Waals surface area contributed by atoms with Crippen molar-refractivity contribution in [2.45, 2.75) is 6.54 Å². The molecule has 3 aromatic carbocycles. The fourth-order valence-corrected chi connectivity index (χ4v) is 2.51. The molecule has 0 amide bonds. The van der Waals surface area contributed by atoms with E-state index >= 15 is 0 Å². The first kappa shape index (κ1) is 14.2. The van der Waals surface area contributed by atoms with Gasteiger partial charge in [-0.05, 0) is 42.0 Å². The molecule has 0 aliphatic rings. The summed E-state index contributed by atoms with van der Waals surface area (Å²) in [5, 5.41) is 3.16. The summed E-state index contributed by atoms with van der Waals surface area (Å²) in [4.78, 5) is 2.33. The van der Waals surface area contributed by atoms with Crippen LogP contribution in [-0.4, -0.2) is 7.05 Å². The van der Waals surface area contributed by atoms with E-state index in [1.807, 2.05) is 13.1 Å². The predicted octanol–water partition coefficient (Wildman–Crippen LogP) is 5.07. The zero-order chi connectivity index (χ0) is 15.2. The van der Waals surface area contributed by atoms with Gasteiger partial charge in [0.2, 0.25) is 0 Å². The number of nitrogens with zero attached hydrogens (tertiary/aromatic N) is 1. The van der Waals surface area contributed by atoms with Crippen molar-refractivity contribution < 1.29 is 0 Å². The molecule has 1 N–H and O–H groups in total. The summed E-state index contributed by atoms with van der Waals surface area (Å²) < 4.78 is 0. The second kappa shape index (κ2) is 6.81. The van der Waals surface area contributed by atoms with Crippen LogP contribution in [0.3, 0.4) is 0 Å². The third-order valence-electron chi connectivity index (χ3n) is 3.72. The van der Waals surface area contributed by atoms with Gasteiger partial charge >= 0.3 is 0 Å². The Morgan fingerprint density at radius 2 is 1.23 bits per heavy atom. The average molecular weight is 288 g/mol. The Kier molecular flexibility index (Phi) is 4.40. The van der Waals surface area contributed by atoms with E-state index in [-0.39, 0.29) is 0 Å². The van der Waals surface area contributed by atoms with Crippen LogP contribution in [0.4, 0.5) is 17.1 Å². The summed E-state index contributed by atoms with van der Waals surface area (Å²) in [5.41, 5.74) is 4.80. The van der Waals surface area contributed by atoms with E-state index in [9.17, 15) is 0 Å². The van der Waals surface area contributed by atoms with Crippen molar-refractivity contribution in [3.05, 3.63) is 90.5 Å². The SMILES string of the molecule is CNc1ccc(N(Cc2ccccc2)c2ccccc2)cc1. The van der Waals surface area contributed by atoms with Crippen LogP contribution >= 0.6 is 0 Å². The van der Waals surface area contributed by atoms with Crippen molar-refractivity contribution in [3.8, 4) is 0 Å². The highest BCUT2D eigenvalue weighted by atomic mass is 15.1. The zero-order valence-electron chi connectivity index (χ0n) is 12.7. The minimum atomic E-state index is 0.851. The van der Waals surface area contributed by atoms with Crippen LogP contribution in [0.2, 0.25) is 0 Å². The van der Waals surface area contributed by atoms with Gasteiger partial charge in [0.15, 0.2) is 0 Å². The first-order valence-corrected chi connectivity index (χ1v) is 7.51. The van der Waals surface area contributed by atoms with Crippen LogP contribution in [-0.2, 0) is 6.54 Å². The number of hydrogen-bond donors (Lipinski definition) is 1. The minimum Gasteiger partial charge on any atom is -0.388 e. The van der Waals surface area contributed by atoms with E-state index in [1.165, 1.54) is 16.9 Å². The second-order valence-corrected chi connectivity index (χ2v) is 5.20. The highest BCUT2D eigenvalue weighted by Gasteiger charge is 2.09. The molecule has 0 bridgehead atoms. The monoisotopic (exact) mass is 288 g/mol. The summed E-state index contributed by atoms with van der Waals surface area (Å²) in [6.45, 7) is 0.851. The number of nitrogens with one attached hydrogen (secondary N) is 1. The fraction of sp³-hybridized carbons (Fsp3) is 0.100. The number of rotatable bonds is 5. The van der Waals surface area contributed by atoms with E-state index in [2.05, 4.69) is 89.1 Å². The highest BCUT2D eigenvalue weighted by Crippen LogP contribution is 2.28. The molecule has 0 atom stereocenters. The molecule has 2 nitrogen and oxygen atoms in total. The molecule has 0 aromatic heterocycles. The lowest BCUT2D eigenvalue weighted by Gasteiger charge is -2.25. The van der Waals surface area contributed by atoms with Crippen LogP contribution in [0.1, 0.15) is 5.56 Å². The molecule has 110 valence electrons. The second-order valence-electron chi connectivity index (χ2n) is 5.20. The normalized spacial score (nSPS) is 10.2. The molecule has 0 saturated carbocycles. The molecular weight excluding hydrogens is 268 g/mol. The van der Waals surface area contributed by atoms with Crippen molar-refractivity contribution in [2.75, 3.05) is 17.3 Å². The Morgan fingerprint density at radius 3 is 1.82 bits per heavy atom. The molecule has 3 aromatic rings. The third-order valence-corrected chi connectivity index (χ3v) is 3.72. The Bertz CT molecular complexity index is 691. The smallest absolute Gasteiger partial charge is 0.0481 e.